The number of anilines is 1. The van der Waals surface area contributed by atoms with Crippen LogP contribution in [0.2, 0.25) is 11.2 Å². The lowest BCUT2D eigenvalue weighted by atomic mass is 9.80. The number of halogens is 1. The van der Waals surface area contributed by atoms with Crippen molar-refractivity contribution in [1.82, 2.24) is 25.4 Å². The number of nitrogens with one attached hydrogen (secondary N) is 2. The van der Waals surface area contributed by atoms with Gasteiger partial charge in [0.05, 0.1) is 6.04 Å². The Bertz CT molecular complexity index is 2930. The van der Waals surface area contributed by atoms with E-state index in [1.807, 2.05) is 158 Å². The fourth-order valence-electron chi connectivity index (χ4n) is 8.80. The SMILES string of the molecule is CB(O)NCCSCc1cnccc1SC1=C(C(=O)OC(c2ccccc2)c2ccccc2)N2C(=O)[C@@H](NC(=O)/C(=N\OC(c3ccccc3)(c3ccccc3)c3ccccc3)c3nc(N)sc3Cl)C2CC1. The molecule has 7 aromatic rings. The first-order valence-corrected chi connectivity index (χ1v) is 26.4. The van der Waals surface area contributed by atoms with Gasteiger partial charge in [-0.25, -0.2) is 9.78 Å². The number of hydrogen-bond acceptors (Lipinski definition) is 14. The lowest BCUT2D eigenvalue weighted by Crippen LogP contribution is -2.72. The van der Waals surface area contributed by atoms with Crippen LogP contribution < -0.4 is 16.3 Å². The van der Waals surface area contributed by atoms with Crippen LogP contribution in [-0.4, -0.2) is 74.8 Å². The average molecular weight is 1030 g/mol. The Balaban J connectivity index is 1.06. The van der Waals surface area contributed by atoms with E-state index < -0.39 is 48.6 Å². The maximum absolute atomic E-state index is 15.0. The molecule has 18 heteroatoms. The van der Waals surface area contributed by atoms with E-state index in [0.717, 1.165) is 55.4 Å². The number of allylic oxidation sites excluding steroid dienone is 1. The van der Waals surface area contributed by atoms with Gasteiger partial charge in [0.2, 0.25) is 5.60 Å². The molecule has 0 radical (unpaired) electrons. The minimum Gasteiger partial charge on any atom is -0.448 e. The summed E-state index contributed by atoms with van der Waals surface area (Å²) in [6.45, 7) is 2.30. The Morgan fingerprint density at radius 3 is 2.01 bits per heavy atom. The Morgan fingerprint density at radius 2 is 1.47 bits per heavy atom. The van der Waals surface area contributed by atoms with Crippen molar-refractivity contribution < 1.29 is 29.0 Å². The van der Waals surface area contributed by atoms with Crippen molar-refractivity contribution >= 4 is 82.1 Å². The smallest absolute Gasteiger partial charge is 0.373 e. The molecule has 0 saturated carbocycles. The normalized spacial score (nSPS) is 15.7. The van der Waals surface area contributed by atoms with E-state index in [2.05, 4.69) is 25.7 Å². The molecule has 0 spiro atoms. The molecule has 9 rings (SSSR count). The van der Waals surface area contributed by atoms with Crippen molar-refractivity contribution in [2.24, 2.45) is 5.16 Å². The van der Waals surface area contributed by atoms with Gasteiger partial charge in [-0.2, -0.15) is 11.8 Å². The van der Waals surface area contributed by atoms with E-state index in [9.17, 15) is 19.4 Å². The first-order valence-electron chi connectivity index (χ1n) is 23.2. The molecular formula is C54H49BClN7O6S3. The number of thiazole rings is 1. The average Bonchev–Trinajstić information content (AvgIpc) is 3.75. The molecule has 0 aliphatic carbocycles. The third-order valence-corrected chi connectivity index (χ3v) is 15.5. The van der Waals surface area contributed by atoms with Gasteiger partial charge in [0.25, 0.3) is 11.8 Å². The zero-order valence-electron chi connectivity index (χ0n) is 39.0. The van der Waals surface area contributed by atoms with Gasteiger partial charge >= 0.3 is 13.0 Å². The van der Waals surface area contributed by atoms with Crippen LogP contribution in [0.1, 0.15) is 58.0 Å². The molecule has 364 valence electrons. The maximum Gasteiger partial charge on any atom is 0.373 e. The molecule has 1 unspecified atom stereocenters. The van der Waals surface area contributed by atoms with Crippen LogP contribution in [0.25, 0.3) is 0 Å². The van der Waals surface area contributed by atoms with E-state index in [1.54, 1.807) is 31.0 Å². The van der Waals surface area contributed by atoms with Gasteiger partial charge in [0.15, 0.2) is 16.9 Å². The minimum absolute atomic E-state index is 0.0201. The van der Waals surface area contributed by atoms with Gasteiger partial charge in [-0.3, -0.25) is 19.5 Å². The number of nitrogens with zero attached hydrogens (tertiary/aromatic N) is 4. The third-order valence-electron chi connectivity index (χ3n) is 12.2. The molecule has 5 aromatic carbocycles. The van der Waals surface area contributed by atoms with Gasteiger partial charge in [-0.1, -0.05) is 192 Å². The van der Waals surface area contributed by atoms with E-state index >= 15 is 0 Å². The molecule has 0 bridgehead atoms. The molecular weight excluding hydrogens is 985 g/mol. The number of hydrogen-bond donors (Lipinski definition) is 4. The summed E-state index contributed by atoms with van der Waals surface area (Å²) in [7, 11) is -0.610. The van der Waals surface area contributed by atoms with Crippen LogP contribution in [-0.2, 0) is 35.3 Å². The summed E-state index contributed by atoms with van der Waals surface area (Å²) in [6.07, 6.45) is 3.50. The lowest BCUT2D eigenvalue weighted by molar-refractivity contribution is -0.158. The van der Waals surface area contributed by atoms with Crippen LogP contribution >= 0.6 is 46.5 Å². The summed E-state index contributed by atoms with van der Waals surface area (Å²) in [6, 6.07) is 47.7. The maximum atomic E-state index is 15.0. The summed E-state index contributed by atoms with van der Waals surface area (Å²) >= 11 is 10.8. The van der Waals surface area contributed by atoms with Gasteiger partial charge in [0.1, 0.15) is 21.8 Å². The molecule has 5 N–H and O–H groups in total. The number of aromatic nitrogens is 2. The molecule has 1 saturated heterocycles. The molecule has 2 atom stereocenters. The van der Waals surface area contributed by atoms with E-state index in [4.69, 9.17) is 26.9 Å². The molecule has 2 aliphatic heterocycles. The number of esters is 1. The minimum atomic E-state index is -1.37. The number of carbonyl (C=O) groups excluding carboxylic acids is 3. The van der Waals surface area contributed by atoms with E-state index in [1.165, 1.54) is 16.7 Å². The monoisotopic (exact) mass is 1030 g/mol. The van der Waals surface area contributed by atoms with Crippen LogP contribution in [0, 0.1) is 0 Å². The Morgan fingerprint density at radius 1 is 0.903 bits per heavy atom. The van der Waals surface area contributed by atoms with Crippen molar-refractivity contribution in [2.45, 2.75) is 54.1 Å². The third kappa shape index (κ3) is 11.0. The Labute approximate surface area is 435 Å². The van der Waals surface area contributed by atoms with Crippen molar-refractivity contribution in [3.05, 3.63) is 224 Å². The van der Waals surface area contributed by atoms with Gasteiger partial charge in [0, 0.05) is 50.4 Å². The van der Waals surface area contributed by atoms with Crippen LogP contribution in [0.15, 0.2) is 191 Å². The summed E-state index contributed by atoms with van der Waals surface area (Å²) in [5, 5.41) is 20.3. The molecule has 2 aromatic heterocycles. The quantitative estimate of drug-likeness (QED) is 0.0108. The lowest BCUT2D eigenvalue weighted by Gasteiger charge is -2.50. The second-order valence-corrected chi connectivity index (χ2v) is 20.8. The molecule has 1 fully saturated rings. The van der Waals surface area contributed by atoms with Crippen LogP contribution in [0.4, 0.5) is 5.13 Å². The summed E-state index contributed by atoms with van der Waals surface area (Å²) in [5.41, 5.74) is 9.22. The highest BCUT2D eigenvalue weighted by atomic mass is 35.5. The number of oxime groups is 1. The number of pyridine rings is 1. The number of rotatable bonds is 20. The zero-order valence-corrected chi connectivity index (χ0v) is 42.2. The number of β-lactam (4-membered cyclic amide) rings is 1. The fraction of sp³-hybridized carbons (Fsp3) is 0.185. The predicted octanol–water partition coefficient (Wildman–Crippen LogP) is 9.25. The standard InChI is InChI=1S/C54H49BClN7O6S3/c1-55(67)59-31-32-70-34-37-33-58-30-29-42(37)71-43-28-27-41-44(51(65)63(41)47(43)52(66)68-48(35-17-7-2-8-18-35)36-19-9-3-10-20-36)60-50(64)46(45-49(56)72-53(57)61-45)62-69-54(38-21-11-4-12-22-38,39-23-13-5-14-24-39)40-25-15-6-16-26-40/h2-26,29-30,33,41,44,48,59,67H,27-28,31-32,34H2,1H3,(H2,57,61)(H,60,64)/b62-46-/t41?,44-/m0/s1. The number of nitrogens with two attached hydrogens (primary N) is 1. The second kappa shape index (κ2) is 23.2. The van der Waals surface area contributed by atoms with Gasteiger partial charge in [-0.05, 0) is 49.0 Å². The van der Waals surface area contributed by atoms with E-state index in [0.29, 0.717) is 30.0 Å². The zero-order chi connectivity index (χ0) is 50.0. The number of ether oxygens (including phenoxy) is 1. The first kappa shape index (κ1) is 50.2. The van der Waals surface area contributed by atoms with E-state index in [-0.39, 0.29) is 26.6 Å². The number of benzene rings is 5. The second-order valence-electron chi connectivity index (χ2n) is 16.9. The highest BCUT2D eigenvalue weighted by Gasteiger charge is 2.54. The topological polar surface area (TPSA) is 181 Å². The highest BCUT2D eigenvalue weighted by Crippen LogP contribution is 2.46. The summed E-state index contributed by atoms with van der Waals surface area (Å²) in [4.78, 5) is 63.2. The molecule has 13 nitrogen and oxygen atoms in total. The number of nitrogen functional groups attached to an aromatic ring is 1. The van der Waals surface area contributed by atoms with Crippen molar-refractivity contribution in [3.63, 3.8) is 0 Å². The molecule has 72 heavy (non-hydrogen) atoms. The Kier molecular flexibility index (Phi) is 16.2. The van der Waals surface area contributed by atoms with Crippen LogP contribution in [0.5, 0.6) is 0 Å². The molecule has 2 amide bonds. The van der Waals surface area contributed by atoms with Crippen LogP contribution in [0.3, 0.4) is 0 Å². The highest BCUT2D eigenvalue weighted by molar-refractivity contribution is 8.03. The number of amides is 2. The number of thioether (sulfide) groups is 2. The van der Waals surface area contributed by atoms with Crippen molar-refractivity contribution in [1.29, 1.82) is 0 Å². The van der Waals surface area contributed by atoms with Crippen molar-refractivity contribution in [3.8, 4) is 0 Å². The summed E-state index contributed by atoms with van der Waals surface area (Å²) < 4.78 is 6.57. The summed E-state index contributed by atoms with van der Waals surface area (Å²) in [5.74, 6) is -0.615. The predicted molar refractivity (Wildman–Crippen MR) is 286 cm³/mol. The fourth-order valence-corrected chi connectivity index (χ4v) is 11.8. The first-order chi connectivity index (χ1) is 35.1. The van der Waals surface area contributed by atoms with Gasteiger partial charge < -0.3 is 30.9 Å². The number of carbonyl (C=O) groups is 3. The number of fused-ring (bicyclic) bond motifs is 1. The van der Waals surface area contributed by atoms with Gasteiger partial charge in [-0.15, -0.1) is 0 Å². The van der Waals surface area contributed by atoms with Crippen molar-refractivity contribution in [2.75, 3.05) is 18.0 Å². The largest absolute Gasteiger partial charge is 0.448 e. The Hall–Kier alpha value is -6.73. The molecule has 4 heterocycles. The molecule has 2 aliphatic rings.